The van der Waals surface area contributed by atoms with Gasteiger partial charge in [0.2, 0.25) is 11.8 Å². The average molecular weight is 311 g/mol. The van der Waals surface area contributed by atoms with Crippen LogP contribution in [0.25, 0.3) is 0 Å². The van der Waals surface area contributed by atoms with E-state index in [9.17, 15) is 9.59 Å². The van der Waals surface area contributed by atoms with E-state index in [0.717, 1.165) is 0 Å². The van der Waals surface area contributed by atoms with Crippen LogP contribution in [0.2, 0.25) is 0 Å². The molecule has 1 saturated heterocycles. The number of amides is 2. The summed E-state index contributed by atoms with van der Waals surface area (Å²) in [5, 5.41) is 0. The quantitative estimate of drug-likeness (QED) is 0.793. The number of nitrogens with zero attached hydrogens (tertiary/aromatic N) is 1. The number of rotatable bonds is 5. The Bertz CT molecular complexity index is 678. The fourth-order valence-electron chi connectivity index (χ4n) is 3.26. The fourth-order valence-corrected chi connectivity index (χ4v) is 3.26. The van der Waals surface area contributed by atoms with E-state index >= 15 is 0 Å². The van der Waals surface area contributed by atoms with Crippen LogP contribution in [0.4, 0.5) is 0 Å². The van der Waals surface area contributed by atoms with Gasteiger partial charge in [0.05, 0.1) is 18.7 Å². The van der Waals surface area contributed by atoms with Gasteiger partial charge in [-0.1, -0.05) is 44.2 Å². The molecule has 1 aliphatic rings. The van der Waals surface area contributed by atoms with Gasteiger partial charge in [0.15, 0.2) is 0 Å². The van der Waals surface area contributed by atoms with Gasteiger partial charge in [-0.25, -0.2) is 0 Å². The zero-order chi connectivity index (χ0) is 16.4. The standard InChI is InChI=1S/C19H21NO3/c1-13(15-7-4-3-5-8-15)11-17-14(2)18(21)20(19(17)22)12-16-9-6-10-23-16/h3-10,13-14,17H,11-12H2,1-2H3. The van der Waals surface area contributed by atoms with E-state index in [2.05, 4.69) is 19.1 Å². The third-order valence-corrected chi connectivity index (χ3v) is 4.71. The minimum Gasteiger partial charge on any atom is -0.467 e. The fraction of sp³-hybridized carbons (Fsp3) is 0.368. The molecule has 4 heteroatoms. The van der Waals surface area contributed by atoms with Crippen molar-refractivity contribution in [2.24, 2.45) is 11.8 Å². The highest BCUT2D eigenvalue weighted by Crippen LogP contribution is 2.35. The predicted molar refractivity (Wildman–Crippen MR) is 86.4 cm³/mol. The molecular weight excluding hydrogens is 290 g/mol. The second-order valence-electron chi connectivity index (χ2n) is 6.28. The molecule has 0 radical (unpaired) electrons. The van der Waals surface area contributed by atoms with Crippen LogP contribution >= 0.6 is 0 Å². The third-order valence-electron chi connectivity index (χ3n) is 4.71. The van der Waals surface area contributed by atoms with E-state index in [-0.39, 0.29) is 36.1 Å². The van der Waals surface area contributed by atoms with E-state index in [4.69, 9.17) is 4.42 Å². The van der Waals surface area contributed by atoms with Gasteiger partial charge in [-0.05, 0) is 30.0 Å². The summed E-state index contributed by atoms with van der Waals surface area (Å²) in [6.07, 6.45) is 2.24. The summed E-state index contributed by atoms with van der Waals surface area (Å²) >= 11 is 0. The predicted octanol–water partition coefficient (Wildman–Crippen LogP) is 3.59. The van der Waals surface area contributed by atoms with Crippen molar-refractivity contribution in [3.63, 3.8) is 0 Å². The minimum atomic E-state index is -0.274. The van der Waals surface area contributed by atoms with E-state index < -0.39 is 0 Å². The molecule has 0 aliphatic carbocycles. The van der Waals surface area contributed by atoms with Crippen molar-refractivity contribution < 1.29 is 14.0 Å². The van der Waals surface area contributed by atoms with Crippen molar-refractivity contribution in [3.05, 3.63) is 60.1 Å². The highest BCUT2D eigenvalue weighted by atomic mass is 16.3. The summed E-state index contributed by atoms with van der Waals surface area (Å²) in [7, 11) is 0. The maximum Gasteiger partial charge on any atom is 0.233 e. The molecule has 3 rings (SSSR count). The van der Waals surface area contributed by atoms with Gasteiger partial charge < -0.3 is 4.42 Å². The van der Waals surface area contributed by atoms with Crippen LogP contribution in [-0.4, -0.2) is 16.7 Å². The molecule has 3 unspecified atom stereocenters. The van der Waals surface area contributed by atoms with Crippen molar-refractivity contribution >= 4 is 11.8 Å². The summed E-state index contributed by atoms with van der Waals surface area (Å²) in [4.78, 5) is 26.5. The van der Waals surface area contributed by atoms with Crippen LogP contribution in [-0.2, 0) is 16.1 Å². The number of hydrogen-bond donors (Lipinski definition) is 0. The van der Waals surface area contributed by atoms with E-state index in [0.29, 0.717) is 12.2 Å². The molecule has 0 N–H and O–H groups in total. The topological polar surface area (TPSA) is 50.5 Å². The van der Waals surface area contributed by atoms with Crippen LogP contribution in [0.5, 0.6) is 0 Å². The van der Waals surface area contributed by atoms with Crippen LogP contribution < -0.4 is 0 Å². The van der Waals surface area contributed by atoms with Gasteiger partial charge in [0, 0.05) is 5.92 Å². The van der Waals surface area contributed by atoms with Crippen LogP contribution in [0, 0.1) is 11.8 Å². The summed E-state index contributed by atoms with van der Waals surface area (Å²) in [6, 6.07) is 13.7. The van der Waals surface area contributed by atoms with E-state index in [1.165, 1.54) is 10.5 Å². The van der Waals surface area contributed by atoms with Crippen molar-refractivity contribution in [1.82, 2.24) is 4.90 Å². The molecule has 2 aromatic rings. The summed E-state index contributed by atoms with van der Waals surface area (Å²) in [5.74, 6) is 0.161. The van der Waals surface area contributed by atoms with Gasteiger partial charge in [0.1, 0.15) is 5.76 Å². The molecule has 1 aliphatic heterocycles. The Morgan fingerprint density at radius 2 is 1.83 bits per heavy atom. The SMILES string of the molecule is CC(CC1C(=O)N(Cc2ccco2)C(=O)C1C)c1ccccc1. The summed E-state index contributed by atoms with van der Waals surface area (Å²) in [5.41, 5.74) is 1.20. The second kappa shape index (κ2) is 6.41. The number of hydrogen-bond acceptors (Lipinski definition) is 3. The van der Waals surface area contributed by atoms with Gasteiger partial charge in [-0.2, -0.15) is 0 Å². The average Bonchev–Trinajstić information content (AvgIpc) is 3.15. The second-order valence-corrected chi connectivity index (χ2v) is 6.28. The van der Waals surface area contributed by atoms with Gasteiger partial charge >= 0.3 is 0 Å². The lowest BCUT2D eigenvalue weighted by Crippen LogP contribution is -2.30. The highest BCUT2D eigenvalue weighted by Gasteiger charge is 2.45. The Morgan fingerprint density at radius 1 is 1.09 bits per heavy atom. The van der Waals surface area contributed by atoms with Crippen LogP contribution in [0.3, 0.4) is 0 Å². The normalized spacial score (nSPS) is 22.6. The first kappa shape index (κ1) is 15.5. The molecule has 3 atom stereocenters. The maximum atomic E-state index is 12.7. The molecule has 23 heavy (non-hydrogen) atoms. The van der Waals surface area contributed by atoms with Crippen molar-refractivity contribution in [2.75, 3.05) is 0 Å². The summed E-state index contributed by atoms with van der Waals surface area (Å²) in [6.45, 7) is 4.19. The third kappa shape index (κ3) is 3.07. The molecule has 2 amide bonds. The maximum absolute atomic E-state index is 12.7. The highest BCUT2D eigenvalue weighted by molar-refractivity contribution is 6.04. The van der Waals surface area contributed by atoms with Crippen molar-refractivity contribution in [2.45, 2.75) is 32.7 Å². The molecule has 4 nitrogen and oxygen atoms in total. The Labute approximate surface area is 136 Å². The number of benzene rings is 1. The lowest BCUT2D eigenvalue weighted by atomic mass is 9.85. The Morgan fingerprint density at radius 3 is 2.48 bits per heavy atom. The Kier molecular flexibility index (Phi) is 4.33. The first-order valence-electron chi connectivity index (χ1n) is 8.00. The molecular formula is C19H21NO3. The van der Waals surface area contributed by atoms with Crippen molar-refractivity contribution in [1.29, 1.82) is 0 Å². The van der Waals surface area contributed by atoms with Crippen LogP contribution in [0.1, 0.15) is 37.5 Å². The molecule has 1 aromatic heterocycles. The van der Waals surface area contributed by atoms with Crippen LogP contribution in [0.15, 0.2) is 53.1 Å². The molecule has 0 saturated carbocycles. The lowest BCUT2D eigenvalue weighted by molar-refractivity contribution is -0.140. The van der Waals surface area contributed by atoms with E-state index in [1.54, 1.807) is 18.4 Å². The van der Waals surface area contributed by atoms with Crippen molar-refractivity contribution in [3.8, 4) is 0 Å². The monoisotopic (exact) mass is 311 g/mol. The zero-order valence-corrected chi connectivity index (χ0v) is 13.4. The molecule has 0 bridgehead atoms. The minimum absolute atomic E-state index is 0.0818. The number of carbonyl (C=O) groups is 2. The molecule has 1 fully saturated rings. The van der Waals surface area contributed by atoms with Gasteiger partial charge in [-0.3, -0.25) is 14.5 Å². The largest absolute Gasteiger partial charge is 0.467 e. The Balaban J connectivity index is 1.73. The molecule has 0 spiro atoms. The Hall–Kier alpha value is -2.36. The number of imide groups is 1. The van der Waals surface area contributed by atoms with Gasteiger partial charge in [-0.15, -0.1) is 0 Å². The molecule has 1 aromatic carbocycles. The van der Waals surface area contributed by atoms with Gasteiger partial charge in [0.25, 0.3) is 0 Å². The number of furan rings is 1. The summed E-state index contributed by atoms with van der Waals surface area (Å²) < 4.78 is 5.27. The zero-order valence-electron chi connectivity index (χ0n) is 13.4. The smallest absolute Gasteiger partial charge is 0.233 e. The first-order chi connectivity index (χ1) is 11.1. The lowest BCUT2D eigenvalue weighted by Gasteiger charge is -2.18. The first-order valence-corrected chi connectivity index (χ1v) is 8.00. The number of likely N-dealkylation sites (tertiary alicyclic amines) is 1. The molecule has 2 heterocycles. The van der Waals surface area contributed by atoms with E-state index in [1.807, 2.05) is 25.1 Å². The molecule has 120 valence electrons. The number of carbonyl (C=O) groups excluding carboxylic acids is 2.